The number of amides is 1. The molecule has 1 N–H and O–H groups in total. The summed E-state index contributed by atoms with van der Waals surface area (Å²) in [4.78, 5) is 21.4. The predicted octanol–water partition coefficient (Wildman–Crippen LogP) is 3.26. The van der Waals surface area contributed by atoms with Crippen LogP contribution in [0.3, 0.4) is 0 Å². The SMILES string of the molecule is CCN(CC)CC=CC(=O)N1CCc2c(cn3ncnc(Nc4cccc(OC)c4)c23)C1. The summed E-state index contributed by atoms with van der Waals surface area (Å²) in [6, 6.07) is 7.74. The average Bonchev–Trinajstić information content (AvgIpc) is 3.20. The Morgan fingerprint density at radius 2 is 2.16 bits per heavy atom. The Morgan fingerprint density at radius 3 is 2.94 bits per heavy atom. The van der Waals surface area contributed by atoms with Gasteiger partial charge in [0.2, 0.25) is 5.91 Å². The number of nitrogens with zero attached hydrogens (tertiary/aromatic N) is 5. The number of fused-ring (bicyclic) bond motifs is 3. The van der Waals surface area contributed by atoms with Crippen LogP contribution in [-0.4, -0.2) is 63.6 Å². The molecule has 0 saturated heterocycles. The maximum absolute atomic E-state index is 12.7. The second kappa shape index (κ2) is 9.82. The Balaban J connectivity index is 1.53. The second-order valence-electron chi connectivity index (χ2n) is 7.79. The van der Waals surface area contributed by atoms with Crippen LogP contribution in [0.5, 0.6) is 5.75 Å². The smallest absolute Gasteiger partial charge is 0.246 e. The number of rotatable bonds is 8. The first-order valence-corrected chi connectivity index (χ1v) is 11.1. The number of anilines is 2. The third-order valence-electron chi connectivity index (χ3n) is 5.92. The molecule has 1 amide bonds. The quantitative estimate of drug-likeness (QED) is 0.549. The van der Waals surface area contributed by atoms with E-state index in [0.717, 1.165) is 54.4 Å². The molecule has 1 aliphatic heterocycles. The van der Waals surface area contributed by atoms with Crippen molar-refractivity contribution in [1.82, 2.24) is 24.4 Å². The molecular formula is C24H30N6O2. The number of benzene rings is 1. The Bertz CT molecular complexity index is 1120. The minimum Gasteiger partial charge on any atom is -0.497 e. The summed E-state index contributed by atoms with van der Waals surface area (Å²) in [6.45, 7) is 8.26. The van der Waals surface area contributed by atoms with E-state index >= 15 is 0 Å². The largest absolute Gasteiger partial charge is 0.497 e. The van der Waals surface area contributed by atoms with Crippen molar-refractivity contribution in [1.29, 1.82) is 0 Å². The van der Waals surface area contributed by atoms with Crippen LogP contribution < -0.4 is 10.1 Å². The molecule has 0 unspecified atom stereocenters. The molecule has 2 aromatic heterocycles. The van der Waals surface area contributed by atoms with Crippen molar-refractivity contribution in [3.63, 3.8) is 0 Å². The van der Waals surface area contributed by atoms with Crippen LogP contribution in [0.4, 0.5) is 11.5 Å². The minimum absolute atomic E-state index is 0.0545. The maximum Gasteiger partial charge on any atom is 0.246 e. The van der Waals surface area contributed by atoms with Crippen molar-refractivity contribution < 1.29 is 9.53 Å². The van der Waals surface area contributed by atoms with Gasteiger partial charge < -0.3 is 19.9 Å². The Labute approximate surface area is 188 Å². The van der Waals surface area contributed by atoms with Gasteiger partial charge in [-0.1, -0.05) is 26.0 Å². The van der Waals surface area contributed by atoms with Gasteiger partial charge in [-0.05, 0) is 42.8 Å². The van der Waals surface area contributed by atoms with E-state index in [4.69, 9.17) is 4.74 Å². The molecule has 168 valence electrons. The summed E-state index contributed by atoms with van der Waals surface area (Å²) in [5, 5.41) is 7.79. The Morgan fingerprint density at radius 1 is 1.31 bits per heavy atom. The van der Waals surface area contributed by atoms with Crippen molar-refractivity contribution in [2.75, 3.05) is 38.6 Å². The lowest BCUT2D eigenvalue weighted by molar-refractivity contribution is -0.126. The van der Waals surface area contributed by atoms with Crippen LogP contribution in [0, 0.1) is 0 Å². The lowest BCUT2D eigenvalue weighted by Crippen LogP contribution is -2.34. The zero-order valence-corrected chi connectivity index (χ0v) is 18.9. The summed E-state index contributed by atoms with van der Waals surface area (Å²) < 4.78 is 7.17. The number of likely N-dealkylation sites (N-methyl/N-ethyl adjacent to an activating group) is 1. The van der Waals surface area contributed by atoms with Gasteiger partial charge in [0.05, 0.1) is 7.11 Å². The standard InChI is InChI=1S/C24H30N6O2/c1-4-28(5-2)12-7-10-22(31)29-13-11-21-18(15-29)16-30-23(21)24(25-17-26-30)27-19-8-6-9-20(14-19)32-3/h6-10,14,16-17H,4-5,11-13,15H2,1-3H3,(H,25,26,27). The highest BCUT2D eigenvalue weighted by Gasteiger charge is 2.24. The highest BCUT2D eigenvalue weighted by Crippen LogP contribution is 2.30. The number of carbonyl (C=O) groups is 1. The summed E-state index contributed by atoms with van der Waals surface area (Å²) in [5.41, 5.74) is 4.14. The zero-order chi connectivity index (χ0) is 22.5. The van der Waals surface area contributed by atoms with Crippen molar-refractivity contribution in [2.24, 2.45) is 0 Å². The second-order valence-corrected chi connectivity index (χ2v) is 7.79. The number of ether oxygens (including phenoxy) is 1. The molecule has 3 aromatic rings. The van der Waals surface area contributed by atoms with Crippen LogP contribution in [0.2, 0.25) is 0 Å². The van der Waals surface area contributed by atoms with Crippen LogP contribution in [-0.2, 0) is 17.8 Å². The van der Waals surface area contributed by atoms with Crippen molar-refractivity contribution >= 4 is 22.9 Å². The molecule has 0 bridgehead atoms. The summed E-state index contributed by atoms with van der Waals surface area (Å²) in [7, 11) is 1.65. The first-order chi connectivity index (χ1) is 15.6. The maximum atomic E-state index is 12.7. The van der Waals surface area contributed by atoms with Gasteiger partial charge in [-0.15, -0.1) is 0 Å². The van der Waals surface area contributed by atoms with Crippen molar-refractivity contribution in [3.8, 4) is 5.75 Å². The summed E-state index contributed by atoms with van der Waals surface area (Å²) in [5.74, 6) is 1.58. The third kappa shape index (κ3) is 4.60. The summed E-state index contributed by atoms with van der Waals surface area (Å²) in [6.07, 6.45) is 7.97. The third-order valence-corrected chi connectivity index (χ3v) is 5.92. The zero-order valence-electron chi connectivity index (χ0n) is 18.9. The molecule has 0 aliphatic carbocycles. The number of hydrogen-bond acceptors (Lipinski definition) is 6. The van der Waals surface area contributed by atoms with Crippen LogP contribution in [0.25, 0.3) is 5.52 Å². The molecule has 0 fully saturated rings. The lowest BCUT2D eigenvalue weighted by Gasteiger charge is -2.26. The van der Waals surface area contributed by atoms with E-state index < -0.39 is 0 Å². The van der Waals surface area contributed by atoms with E-state index in [2.05, 4.69) is 34.1 Å². The van der Waals surface area contributed by atoms with Crippen LogP contribution in [0.1, 0.15) is 25.0 Å². The number of nitrogens with one attached hydrogen (secondary N) is 1. The fourth-order valence-corrected chi connectivity index (χ4v) is 4.08. The van der Waals surface area contributed by atoms with Gasteiger partial charge in [0.15, 0.2) is 5.82 Å². The summed E-state index contributed by atoms with van der Waals surface area (Å²) >= 11 is 0. The normalized spacial score (nSPS) is 13.7. The highest BCUT2D eigenvalue weighted by atomic mass is 16.5. The molecular weight excluding hydrogens is 404 g/mol. The molecule has 32 heavy (non-hydrogen) atoms. The monoisotopic (exact) mass is 434 g/mol. The fourth-order valence-electron chi connectivity index (χ4n) is 4.08. The van der Waals surface area contributed by atoms with Gasteiger partial charge in [-0.3, -0.25) is 4.79 Å². The van der Waals surface area contributed by atoms with Gasteiger partial charge >= 0.3 is 0 Å². The van der Waals surface area contributed by atoms with Crippen molar-refractivity contribution in [3.05, 3.63) is 60.1 Å². The molecule has 0 radical (unpaired) electrons. The highest BCUT2D eigenvalue weighted by molar-refractivity contribution is 5.88. The molecule has 1 aliphatic rings. The molecule has 1 aromatic carbocycles. The molecule has 0 atom stereocenters. The van der Waals surface area contributed by atoms with E-state index in [0.29, 0.717) is 13.1 Å². The fraction of sp³-hybridized carbons (Fsp3) is 0.375. The molecule has 4 rings (SSSR count). The molecule has 8 heteroatoms. The molecule has 0 spiro atoms. The van der Waals surface area contributed by atoms with Gasteiger partial charge in [0.1, 0.15) is 17.6 Å². The molecule has 3 heterocycles. The average molecular weight is 435 g/mol. The van der Waals surface area contributed by atoms with E-state index in [-0.39, 0.29) is 5.91 Å². The van der Waals surface area contributed by atoms with Gasteiger partial charge in [-0.25, -0.2) is 9.50 Å². The molecule has 8 nitrogen and oxygen atoms in total. The van der Waals surface area contributed by atoms with E-state index in [1.54, 1.807) is 19.5 Å². The van der Waals surface area contributed by atoms with Gasteiger partial charge in [-0.2, -0.15) is 5.10 Å². The lowest BCUT2D eigenvalue weighted by atomic mass is 10.0. The number of hydrogen-bond donors (Lipinski definition) is 1. The van der Waals surface area contributed by atoms with E-state index in [9.17, 15) is 4.79 Å². The molecule has 0 saturated carbocycles. The van der Waals surface area contributed by atoms with E-state index in [1.165, 1.54) is 5.56 Å². The Hall–Kier alpha value is -3.39. The number of carbonyl (C=O) groups excluding carboxylic acids is 1. The van der Waals surface area contributed by atoms with Gasteiger partial charge in [0.25, 0.3) is 0 Å². The topological polar surface area (TPSA) is 75.0 Å². The van der Waals surface area contributed by atoms with Gasteiger partial charge in [0, 0.05) is 43.7 Å². The van der Waals surface area contributed by atoms with Crippen molar-refractivity contribution in [2.45, 2.75) is 26.8 Å². The van der Waals surface area contributed by atoms with Crippen LogP contribution >= 0.6 is 0 Å². The predicted molar refractivity (Wildman–Crippen MR) is 125 cm³/mol. The first-order valence-electron chi connectivity index (χ1n) is 11.1. The van der Waals surface area contributed by atoms with Crippen LogP contribution in [0.15, 0.2) is 48.9 Å². The van der Waals surface area contributed by atoms with E-state index in [1.807, 2.05) is 46.0 Å². The number of aromatic nitrogens is 3. The number of methoxy groups -OCH3 is 1. The Kier molecular flexibility index (Phi) is 6.70. The first kappa shape index (κ1) is 21.8. The minimum atomic E-state index is 0.0545.